The summed E-state index contributed by atoms with van der Waals surface area (Å²) < 4.78 is 15.0. The molecule has 19 heavy (non-hydrogen) atoms. The molecule has 8 heteroatoms. The maximum atomic E-state index is 13.8. The molecule has 2 N–H and O–H groups in total. The minimum Gasteiger partial charge on any atom is -0.296 e. The van der Waals surface area contributed by atoms with Crippen molar-refractivity contribution in [3.63, 3.8) is 0 Å². The highest BCUT2D eigenvalue weighted by Gasteiger charge is 2.14. The molecule has 0 fully saturated rings. The van der Waals surface area contributed by atoms with Gasteiger partial charge in [0, 0.05) is 10.5 Å². The summed E-state index contributed by atoms with van der Waals surface area (Å²) in [6, 6.07) is 5.46. The first kappa shape index (κ1) is 11.8. The van der Waals surface area contributed by atoms with Crippen LogP contribution < -0.4 is 11.1 Å². The molecule has 0 bridgehead atoms. The average molecular weight is 325 g/mol. The Morgan fingerprint density at radius 1 is 1.26 bits per heavy atom. The molecule has 0 aliphatic carbocycles. The van der Waals surface area contributed by atoms with Crippen LogP contribution in [0.4, 0.5) is 4.39 Å². The lowest BCUT2D eigenvalue weighted by molar-refractivity contribution is 0.605. The number of benzene rings is 1. The Balaban J connectivity index is 2.42. The van der Waals surface area contributed by atoms with Crippen LogP contribution in [-0.4, -0.2) is 20.0 Å². The first-order valence-corrected chi connectivity index (χ1v) is 6.02. The van der Waals surface area contributed by atoms with Gasteiger partial charge in [0.25, 0.3) is 11.1 Å². The molecular formula is C11H6BrFN4O2. The predicted molar refractivity (Wildman–Crippen MR) is 70.0 cm³/mol. The number of halogens is 2. The number of nitrogens with zero attached hydrogens (tertiary/aromatic N) is 2. The molecule has 0 atom stereocenters. The van der Waals surface area contributed by atoms with Crippen molar-refractivity contribution in [3.8, 4) is 5.69 Å². The number of aromatic nitrogens is 4. The Morgan fingerprint density at radius 2 is 2.05 bits per heavy atom. The molecule has 3 aromatic rings. The first-order valence-electron chi connectivity index (χ1n) is 5.23. The largest absolute Gasteiger partial charge is 0.296 e. The molecule has 2 aromatic heterocycles. The van der Waals surface area contributed by atoms with E-state index in [0.717, 1.165) is 4.68 Å². The van der Waals surface area contributed by atoms with Crippen molar-refractivity contribution < 1.29 is 4.39 Å². The second-order valence-electron chi connectivity index (χ2n) is 3.81. The third kappa shape index (κ3) is 1.80. The number of aromatic amines is 2. The fraction of sp³-hybridized carbons (Fsp3) is 0. The van der Waals surface area contributed by atoms with Gasteiger partial charge in [-0.05, 0) is 28.1 Å². The molecule has 1 aromatic carbocycles. The highest BCUT2D eigenvalue weighted by molar-refractivity contribution is 9.10. The summed E-state index contributed by atoms with van der Waals surface area (Å²) in [5.74, 6) is -0.615. The number of para-hydroxylation sites is 1. The van der Waals surface area contributed by atoms with Crippen LogP contribution in [0.1, 0.15) is 0 Å². The summed E-state index contributed by atoms with van der Waals surface area (Å²) in [6.45, 7) is 0. The third-order valence-corrected chi connectivity index (χ3v) is 3.25. The average Bonchev–Trinajstić information content (AvgIpc) is 2.70. The molecule has 0 aliphatic rings. The topological polar surface area (TPSA) is 83.5 Å². The van der Waals surface area contributed by atoms with Crippen molar-refractivity contribution in [1.82, 2.24) is 20.0 Å². The Morgan fingerprint density at radius 3 is 2.79 bits per heavy atom. The normalized spacial score (nSPS) is 11.1. The Bertz CT molecular complexity index is 875. The molecule has 0 spiro atoms. The van der Waals surface area contributed by atoms with Gasteiger partial charge in [0.05, 0.1) is 5.52 Å². The minimum atomic E-state index is -0.615. The first-order chi connectivity index (χ1) is 9.08. The van der Waals surface area contributed by atoms with Crippen molar-refractivity contribution in [3.05, 3.63) is 55.3 Å². The number of rotatable bonds is 1. The van der Waals surface area contributed by atoms with Gasteiger partial charge in [-0.15, -0.1) is 0 Å². The van der Waals surface area contributed by atoms with Gasteiger partial charge >= 0.3 is 0 Å². The van der Waals surface area contributed by atoms with Crippen molar-refractivity contribution >= 4 is 27.0 Å². The lowest BCUT2D eigenvalue weighted by Crippen LogP contribution is -2.22. The number of hydrogen-bond acceptors (Lipinski definition) is 3. The number of hydrogen-bond donors (Lipinski definition) is 2. The third-order valence-electron chi connectivity index (χ3n) is 2.61. The standard InChI is InChI=1S/C11H6BrFN4O2/c12-5-2-1-3-6(13)10(5)17-8(18)4-7-9(16-17)11(19)15-14-7/h1-4,14H,(H,15,19). The molecule has 3 rings (SSSR count). The maximum absolute atomic E-state index is 13.8. The fourth-order valence-corrected chi connectivity index (χ4v) is 2.26. The van der Waals surface area contributed by atoms with Crippen LogP contribution in [0.25, 0.3) is 16.7 Å². The second kappa shape index (κ2) is 4.16. The molecule has 96 valence electrons. The van der Waals surface area contributed by atoms with Crippen LogP contribution in [0.15, 0.2) is 38.3 Å². The van der Waals surface area contributed by atoms with Gasteiger partial charge in [-0.2, -0.15) is 9.78 Å². The molecular weight excluding hydrogens is 319 g/mol. The van der Waals surface area contributed by atoms with Gasteiger partial charge < -0.3 is 0 Å². The molecule has 0 amide bonds. The molecule has 0 unspecified atom stereocenters. The smallest absolute Gasteiger partial charge is 0.292 e. The summed E-state index contributed by atoms with van der Waals surface area (Å²) in [5.41, 5.74) is -0.742. The van der Waals surface area contributed by atoms with Crippen molar-refractivity contribution in [1.29, 1.82) is 0 Å². The van der Waals surface area contributed by atoms with Crippen LogP contribution in [0.3, 0.4) is 0 Å². The summed E-state index contributed by atoms with van der Waals surface area (Å²) in [4.78, 5) is 23.4. The van der Waals surface area contributed by atoms with Crippen LogP contribution >= 0.6 is 15.9 Å². The van der Waals surface area contributed by atoms with Gasteiger partial charge in [0.1, 0.15) is 11.5 Å². The molecule has 6 nitrogen and oxygen atoms in total. The van der Waals surface area contributed by atoms with E-state index in [1.807, 2.05) is 0 Å². The zero-order chi connectivity index (χ0) is 13.6. The molecule has 0 radical (unpaired) electrons. The lowest BCUT2D eigenvalue weighted by atomic mass is 10.3. The molecule has 0 saturated heterocycles. The van der Waals surface area contributed by atoms with Gasteiger partial charge in [-0.1, -0.05) is 6.07 Å². The molecule has 0 saturated carbocycles. The summed E-state index contributed by atoms with van der Waals surface area (Å²) in [5, 5.41) is 8.71. The predicted octanol–water partition coefficient (Wildman–Crippen LogP) is 1.30. The Hall–Kier alpha value is -2.22. The number of nitrogens with one attached hydrogen (secondary N) is 2. The van der Waals surface area contributed by atoms with Crippen LogP contribution in [-0.2, 0) is 0 Å². The quantitative estimate of drug-likeness (QED) is 0.707. The molecule has 0 aliphatic heterocycles. The monoisotopic (exact) mass is 324 g/mol. The SMILES string of the molecule is O=c1[nH][nH]c2cc(=O)n(-c3c(F)cccc3Br)nc12. The number of fused-ring (bicyclic) bond motifs is 1. The highest BCUT2D eigenvalue weighted by Crippen LogP contribution is 2.22. The van der Waals surface area contributed by atoms with Crippen LogP contribution in [0.5, 0.6) is 0 Å². The number of H-pyrrole nitrogens is 2. The Kier molecular flexibility index (Phi) is 2.59. The van der Waals surface area contributed by atoms with Crippen molar-refractivity contribution in [2.75, 3.05) is 0 Å². The van der Waals surface area contributed by atoms with E-state index >= 15 is 0 Å². The van der Waals surface area contributed by atoms with Crippen LogP contribution in [0, 0.1) is 5.82 Å². The zero-order valence-corrected chi connectivity index (χ0v) is 10.9. The van der Waals surface area contributed by atoms with Gasteiger partial charge in [0.15, 0.2) is 5.52 Å². The van der Waals surface area contributed by atoms with Gasteiger partial charge in [-0.3, -0.25) is 19.8 Å². The van der Waals surface area contributed by atoms with Crippen molar-refractivity contribution in [2.24, 2.45) is 0 Å². The van der Waals surface area contributed by atoms with E-state index in [0.29, 0.717) is 4.47 Å². The molecule has 2 heterocycles. The van der Waals surface area contributed by atoms with E-state index in [1.54, 1.807) is 6.07 Å². The van der Waals surface area contributed by atoms with E-state index in [9.17, 15) is 14.0 Å². The van der Waals surface area contributed by atoms with E-state index in [2.05, 4.69) is 31.2 Å². The van der Waals surface area contributed by atoms with Crippen molar-refractivity contribution in [2.45, 2.75) is 0 Å². The zero-order valence-electron chi connectivity index (χ0n) is 9.28. The van der Waals surface area contributed by atoms with E-state index in [-0.39, 0.29) is 16.7 Å². The highest BCUT2D eigenvalue weighted by atomic mass is 79.9. The van der Waals surface area contributed by atoms with E-state index < -0.39 is 16.9 Å². The minimum absolute atomic E-state index is 0.0324. The summed E-state index contributed by atoms with van der Waals surface area (Å²) >= 11 is 3.16. The van der Waals surface area contributed by atoms with Crippen LogP contribution in [0.2, 0.25) is 0 Å². The maximum Gasteiger partial charge on any atom is 0.292 e. The summed E-state index contributed by atoms with van der Waals surface area (Å²) in [6.07, 6.45) is 0. The van der Waals surface area contributed by atoms with Gasteiger partial charge in [0.2, 0.25) is 0 Å². The fourth-order valence-electron chi connectivity index (χ4n) is 1.75. The Labute approximate surface area is 113 Å². The van der Waals surface area contributed by atoms with E-state index in [4.69, 9.17) is 0 Å². The second-order valence-corrected chi connectivity index (χ2v) is 4.66. The lowest BCUT2D eigenvalue weighted by Gasteiger charge is -2.07. The summed E-state index contributed by atoms with van der Waals surface area (Å²) in [7, 11) is 0. The van der Waals surface area contributed by atoms with E-state index in [1.165, 1.54) is 18.2 Å². The van der Waals surface area contributed by atoms with Gasteiger partial charge in [-0.25, -0.2) is 4.39 Å².